The molecule has 210 valence electrons. The van der Waals surface area contributed by atoms with Crippen molar-refractivity contribution in [3.05, 3.63) is 107 Å². The van der Waals surface area contributed by atoms with Gasteiger partial charge in [-0.2, -0.15) is 13.2 Å². The summed E-state index contributed by atoms with van der Waals surface area (Å²) in [6, 6.07) is 18.8. The smallest absolute Gasteiger partial charge is 0.334 e. The number of carbonyl (C=O) groups excluding carboxylic acids is 3. The summed E-state index contributed by atoms with van der Waals surface area (Å²) in [4.78, 5) is 50.2. The topological polar surface area (TPSA) is 81.5 Å². The molecule has 2 heterocycles. The number of para-hydroxylation sites is 1. The van der Waals surface area contributed by atoms with Gasteiger partial charge < -0.3 is 9.47 Å². The molecule has 2 amide bonds. The van der Waals surface area contributed by atoms with Crippen LogP contribution >= 0.6 is 11.6 Å². The highest BCUT2D eigenvalue weighted by atomic mass is 35.5. The molecule has 0 bridgehead atoms. The number of aromatic nitrogens is 2. The van der Waals surface area contributed by atoms with E-state index in [0.29, 0.717) is 22.0 Å². The van der Waals surface area contributed by atoms with Crippen LogP contribution in [0.25, 0.3) is 11.4 Å². The van der Waals surface area contributed by atoms with Gasteiger partial charge in [-0.15, -0.1) is 0 Å². The van der Waals surface area contributed by atoms with Crippen molar-refractivity contribution in [1.82, 2.24) is 19.1 Å². The fraction of sp³-hybridized carbons (Fsp3) is 0.172. The van der Waals surface area contributed by atoms with Crippen LogP contribution in [-0.2, 0) is 34.6 Å². The molecule has 0 saturated heterocycles. The Morgan fingerprint density at radius 3 is 2.32 bits per heavy atom. The van der Waals surface area contributed by atoms with E-state index in [1.807, 2.05) is 7.05 Å². The largest absolute Gasteiger partial charge is 0.497 e. The first kappa shape index (κ1) is 28.1. The Hall–Kier alpha value is -4.48. The molecule has 8 nitrogen and oxygen atoms in total. The minimum absolute atomic E-state index is 0.0229. The predicted molar refractivity (Wildman–Crippen MR) is 144 cm³/mol. The van der Waals surface area contributed by atoms with Gasteiger partial charge in [-0.3, -0.25) is 9.63 Å². The summed E-state index contributed by atoms with van der Waals surface area (Å²) in [5, 5.41) is 0.405. The van der Waals surface area contributed by atoms with E-state index in [1.165, 1.54) is 41.3 Å². The van der Waals surface area contributed by atoms with Crippen molar-refractivity contribution in [2.45, 2.75) is 19.3 Å². The first-order valence-corrected chi connectivity index (χ1v) is 12.8. The summed E-state index contributed by atoms with van der Waals surface area (Å²) >= 11 is 5.94. The lowest BCUT2D eigenvalue weighted by Crippen LogP contribution is -2.58. The molecular weight excluding hydrogens is 561 g/mol. The third-order valence-electron chi connectivity index (χ3n) is 6.76. The van der Waals surface area contributed by atoms with Gasteiger partial charge in [0.2, 0.25) is 0 Å². The number of fused-ring (bicyclic) bond motifs is 1. The van der Waals surface area contributed by atoms with E-state index in [4.69, 9.17) is 16.4 Å². The fourth-order valence-electron chi connectivity index (χ4n) is 4.75. The number of hydroxylamine groups is 2. The van der Waals surface area contributed by atoms with Gasteiger partial charge in [-0.05, 0) is 28.9 Å². The number of halogens is 4. The molecule has 1 aromatic heterocycles. The zero-order valence-corrected chi connectivity index (χ0v) is 22.4. The van der Waals surface area contributed by atoms with E-state index in [1.54, 1.807) is 53.4 Å². The molecule has 1 unspecified atom stereocenters. The number of rotatable bonds is 5. The minimum Gasteiger partial charge on any atom is -0.334 e. The van der Waals surface area contributed by atoms with Crippen molar-refractivity contribution < 1.29 is 32.4 Å². The molecule has 5 rings (SSSR count). The highest BCUT2D eigenvalue weighted by Crippen LogP contribution is 2.37. The van der Waals surface area contributed by atoms with E-state index >= 15 is 0 Å². The second kappa shape index (κ2) is 10.8. The second-order valence-electron chi connectivity index (χ2n) is 9.52. The quantitative estimate of drug-likeness (QED) is 0.292. The number of carbonyl (C=O) groups is 3. The lowest BCUT2D eigenvalue weighted by molar-refractivity contribution is -0.235. The maximum atomic E-state index is 14.0. The Kier molecular flexibility index (Phi) is 7.41. The van der Waals surface area contributed by atoms with Gasteiger partial charge in [0, 0.05) is 52.8 Å². The Bertz CT molecular complexity index is 1620. The zero-order chi connectivity index (χ0) is 29.4. The number of quaternary nitrogens is 1. The number of alkyl halides is 3. The average molecular weight is 584 g/mol. The second-order valence-corrected chi connectivity index (χ2v) is 9.96. The first-order chi connectivity index (χ1) is 19.5. The van der Waals surface area contributed by atoms with E-state index in [-0.39, 0.29) is 17.8 Å². The van der Waals surface area contributed by atoms with Crippen LogP contribution in [0.15, 0.2) is 85.2 Å². The Morgan fingerprint density at radius 2 is 1.68 bits per heavy atom. The standard InChI is InChI=1S/C29H23ClF3N4O4/c1-35-15-14-34-26(35)20-8-6-19(7-9-20)18-37(41-28(40)29(31,32)33)24-5-3-2-4-22(24)16-36(17-25(37)38)27(39)21-10-12-23(30)13-11-21/h2-15H,16-18H2,1H3/q+1. The fourth-order valence-corrected chi connectivity index (χ4v) is 4.87. The Balaban J connectivity index is 1.58. The summed E-state index contributed by atoms with van der Waals surface area (Å²) in [5.41, 5.74) is 1.76. The number of imidazole rings is 1. The van der Waals surface area contributed by atoms with Crippen molar-refractivity contribution in [2.24, 2.45) is 7.05 Å². The van der Waals surface area contributed by atoms with Crippen molar-refractivity contribution >= 4 is 35.1 Å². The number of aryl methyl sites for hydroxylation is 1. The van der Waals surface area contributed by atoms with Crippen LogP contribution in [0.1, 0.15) is 21.5 Å². The minimum atomic E-state index is -5.37. The summed E-state index contributed by atoms with van der Waals surface area (Å²) in [7, 11) is 1.82. The average Bonchev–Trinajstić information content (AvgIpc) is 3.33. The van der Waals surface area contributed by atoms with Crippen LogP contribution < -0.4 is 4.65 Å². The zero-order valence-electron chi connectivity index (χ0n) is 21.6. The number of amides is 2. The lowest BCUT2D eigenvalue weighted by Gasteiger charge is -2.31. The summed E-state index contributed by atoms with van der Waals surface area (Å²) < 4.78 is 41.0. The lowest BCUT2D eigenvalue weighted by atomic mass is 10.1. The molecule has 1 aliphatic rings. The van der Waals surface area contributed by atoms with Crippen molar-refractivity contribution in [3.8, 4) is 11.4 Å². The summed E-state index contributed by atoms with van der Waals surface area (Å²) in [6.07, 6.45) is -1.97. The summed E-state index contributed by atoms with van der Waals surface area (Å²) in [6.45, 7) is -1.17. The highest BCUT2D eigenvalue weighted by molar-refractivity contribution is 6.30. The van der Waals surface area contributed by atoms with Gasteiger partial charge in [0.25, 0.3) is 5.91 Å². The maximum absolute atomic E-state index is 14.0. The van der Waals surface area contributed by atoms with Gasteiger partial charge in [0.05, 0.1) is 6.54 Å². The summed E-state index contributed by atoms with van der Waals surface area (Å²) in [5.74, 6) is -3.33. The Morgan fingerprint density at radius 1 is 1.00 bits per heavy atom. The van der Waals surface area contributed by atoms with Crippen LogP contribution in [0.4, 0.5) is 18.9 Å². The van der Waals surface area contributed by atoms with Gasteiger partial charge in [-0.25, -0.2) is 14.6 Å². The molecule has 1 atom stereocenters. The molecule has 0 saturated carbocycles. The third kappa shape index (κ3) is 5.59. The van der Waals surface area contributed by atoms with Crippen molar-refractivity contribution in [3.63, 3.8) is 0 Å². The molecule has 4 aromatic rings. The molecule has 0 radical (unpaired) electrons. The van der Waals surface area contributed by atoms with Crippen LogP contribution in [-0.4, -0.2) is 45.0 Å². The monoisotopic (exact) mass is 583 g/mol. The van der Waals surface area contributed by atoms with Gasteiger partial charge in [0.15, 0.2) is 12.2 Å². The highest BCUT2D eigenvalue weighted by Gasteiger charge is 2.55. The molecule has 41 heavy (non-hydrogen) atoms. The number of benzene rings is 3. The Labute approximate surface area is 237 Å². The van der Waals surface area contributed by atoms with Gasteiger partial charge in [0.1, 0.15) is 12.4 Å². The van der Waals surface area contributed by atoms with Crippen LogP contribution in [0.5, 0.6) is 0 Å². The van der Waals surface area contributed by atoms with E-state index in [2.05, 4.69) is 4.98 Å². The molecule has 0 aliphatic carbocycles. The van der Waals surface area contributed by atoms with Crippen LogP contribution in [0, 0.1) is 0 Å². The molecule has 1 aliphatic heterocycles. The maximum Gasteiger partial charge on any atom is 0.497 e. The molecule has 0 N–H and O–H groups in total. The molecule has 0 spiro atoms. The van der Waals surface area contributed by atoms with E-state index in [0.717, 1.165) is 5.56 Å². The normalized spacial score (nSPS) is 17.1. The van der Waals surface area contributed by atoms with E-state index in [9.17, 15) is 27.6 Å². The molecular formula is C29H23ClF3N4O4+. The SMILES string of the molecule is Cn1ccnc1-c1ccc(C[N+]2(OC(=O)C(F)(F)F)C(=O)CN(C(=O)c3ccc(Cl)cc3)Cc3ccccc32)cc1. The molecule has 3 aromatic carbocycles. The molecule has 0 fully saturated rings. The van der Waals surface area contributed by atoms with Crippen molar-refractivity contribution in [2.75, 3.05) is 6.54 Å². The number of hydrogen-bond donors (Lipinski definition) is 0. The third-order valence-corrected chi connectivity index (χ3v) is 7.01. The molecule has 12 heteroatoms. The van der Waals surface area contributed by atoms with Gasteiger partial charge >= 0.3 is 18.1 Å². The van der Waals surface area contributed by atoms with Crippen LogP contribution in [0.2, 0.25) is 5.02 Å². The van der Waals surface area contributed by atoms with Crippen molar-refractivity contribution in [1.29, 1.82) is 0 Å². The first-order valence-electron chi connectivity index (χ1n) is 12.4. The van der Waals surface area contributed by atoms with E-state index < -0.39 is 41.7 Å². The van der Waals surface area contributed by atoms with Crippen LogP contribution in [0.3, 0.4) is 0 Å². The van der Waals surface area contributed by atoms with Gasteiger partial charge in [-0.1, -0.05) is 54.1 Å². The number of hydrogen-bond acceptors (Lipinski definition) is 5. The predicted octanol–water partition coefficient (Wildman–Crippen LogP) is 5.45. The number of nitrogens with zero attached hydrogens (tertiary/aromatic N) is 4.